The summed E-state index contributed by atoms with van der Waals surface area (Å²) >= 11 is 1.49. The molecule has 1 N–H and O–H groups in total. The smallest absolute Gasteiger partial charge is 0.254 e. The van der Waals surface area contributed by atoms with Gasteiger partial charge in [0.1, 0.15) is 0 Å². The Labute approximate surface area is 154 Å². The van der Waals surface area contributed by atoms with E-state index in [0.717, 1.165) is 19.5 Å². The molecule has 1 saturated heterocycles. The molecule has 2 fully saturated rings. The van der Waals surface area contributed by atoms with Gasteiger partial charge in [-0.1, -0.05) is 25.7 Å². The largest absolute Gasteiger partial charge is 0.350 e. The Kier molecular flexibility index (Phi) is 6.48. The first-order chi connectivity index (χ1) is 12.1. The fourth-order valence-corrected chi connectivity index (χ4v) is 4.66. The first-order valence-electron chi connectivity index (χ1n) is 9.44. The van der Waals surface area contributed by atoms with Gasteiger partial charge in [0.05, 0.1) is 12.1 Å². The molecule has 2 aliphatic rings. The second kappa shape index (κ2) is 8.81. The van der Waals surface area contributed by atoms with Gasteiger partial charge in [0.2, 0.25) is 5.91 Å². The van der Waals surface area contributed by atoms with Crippen molar-refractivity contribution in [3.8, 4) is 0 Å². The average Bonchev–Trinajstić information content (AvgIpc) is 3.21. The van der Waals surface area contributed by atoms with Gasteiger partial charge in [-0.25, -0.2) is 0 Å². The monoisotopic (exact) mass is 363 g/mol. The van der Waals surface area contributed by atoms with Crippen LogP contribution in [0.4, 0.5) is 0 Å². The molecule has 3 rings (SSSR count). The minimum Gasteiger partial charge on any atom is -0.350 e. The maximum absolute atomic E-state index is 12.3. The highest BCUT2D eigenvalue weighted by molar-refractivity contribution is 7.08. The molecule has 1 aromatic rings. The molecule has 1 aliphatic heterocycles. The number of carbonyl (C=O) groups excluding carboxylic acids is 2. The molecule has 2 amide bonds. The van der Waals surface area contributed by atoms with E-state index in [9.17, 15) is 9.59 Å². The van der Waals surface area contributed by atoms with E-state index in [1.165, 1.54) is 54.8 Å². The third-order valence-electron chi connectivity index (χ3n) is 5.42. The first-order valence-corrected chi connectivity index (χ1v) is 10.4. The fraction of sp³-hybridized carbons (Fsp3) is 0.684. The highest BCUT2D eigenvalue weighted by atomic mass is 32.1. The van der Waals surface area contributed by atoms with E-state index in [0.29, 0.717) is 11.6 Å². The molecule has 0 unspecified atom stereocenters. The lowest BCUT2D eigenvalue weighted by Gasteiger charge is -2.27. The number of likely N-dealkylation sites (N-methyl/N-ethyl adjacent to an activating group) is 1. The Morgan fingerprint density at radius 2 is 2.00 bits per heavy atom. The van der Waals surface area contributed by atoms with Crippen molar-refractivity contribution < 1.29 is 9.59 Å². The molecule has 2 heterocycles. The molecule has 1 aliphatic carbocycles. The Balaban J connectivity index is 1.43. The summed E-state index contributed by atoms with van der Waals surface area (Å²) in [6, 6.07) is 2.72. The van der Waals surface area contributed by atoms with Crippen LogP contribution < -0.4 is 5.32 Å². The Hall–Kier alpha value is -1.40. The van der Waals surface area contributed by atoms with Crippen molar-refractivity contribution in [3.05, 3.63) is 22.4 Å². The maximum atomic E-state index is 12.3. The number of rotatable bonds is 5. The van der Waals surface area contributed by atoms with Gasteiger partial charge < -0.3 is 10.2 Å². The SMILES string of the molecule is CN(CC(=O)N[C@H]1CCN(C2CCCCCC2)C1)C(=O)c1ccsc1. The van der Waals surface area contributed by atoms with Gasteiger partial charge in [-0.05, 0) is 30.7 Å². The van der Waals surface area contributed by atoms with Crippen LogP contribution in [0.25, 0.3) is 0 Å². The van der Waals surface area contributed by atoms with Gasteiger partial charge in [-0.2, -0.15) is 11.3 Å². The zero-order valence-corrected chi connectivity index (χ0v) is 15.9. The van der Waals surface area contributed by atoms with Gasteiger partial charge in [0.15, 0.2) is 0 Å². The normalized spacial score (nSPS) is 22.5. The molecule has 25 heavy (non-hydrogen) atoms. The average molecular weight is 364 g/mol. The van der Waals surface area contributed by atoms with Gasteiger partial charge >= 0.3 is 0 Å². The summed E-state index contributed by atoms with van der Waals surface area (Å²) in [4.78, 5) is 28.6. The molecule has 6 heteroatoms. The highest BCUT2D eigenvalue weighted by Gasteiger charge is 2.29. The van der Waals surface area contributed by atoms with Crippen LogP contribution in [0.3, 0.4) is 0 Å². The number of thiophene rings is 1. The van der Waals surface area contributed by atoms with E-state index >= 15 is 0 Å². The summed E-state index contributed by atoms with van der Waals surface area (Å²) < 4.78 is 0. The van der Waals surface area contributed by atoms with Gasteiger partial charge in [0, 0.05) is 37.6 Å². The van der Waals surface area contributed by atoms with Crippen molar-refractivity contribution in [2.75, 3.05) is 26.7 Å². The quantitative estimate of drug-likeness (QED) is 0.819. The molecule has 0 bridgehead atoms. The van der Waals surface area contributed by atoms with Crippen LogP contribution in [0.15, 0.2) is 16.8 Å². The predicted molar refractivity (Wildman–Crippen MR) is 101 cm³/mol. The summed E-state index contributed by atoms with van der Waals surface area (Å²) in [5.74, 6) is -0.151. The zero-order chi connectivity index (χ0) is 17.6. The van der Waals surface area contributed by atoms with Crippen LogP contribution in [-0.4, -0.2) is 60.4 Å². The van der Waals surface area contributed by atoms with E-state index in [4.69, 9.17) is 0 Å². The summed E-state index contributed by atoms with van der Waals surface area (Å²) in [5, 5.41) is 6.82. The van der Waals surface area contributed by atoms with Gasteiger partial charge in [-0.15, -0.1) is 0 Å². The van der Waals surface area contributed by atoms with Crippen molar-refractivity contribution >= 4 is 23.2 Å². The summed E-state index contributed by atoms with van der Waals surface area (Å²) in [5.41, 5.74) is 0.653. The molecule has 5 nitrogen and oxygen atoms in total. The number of likely N-dealkylation sites (tertiary alicyclic amines) is 1. The number of nitrogens with zero attached hydrogens (tertiary/aromatic N) is 2. The molecular weight excluding hydrogens is 334 g/mol. The van der Waals surface area contributed by atoms with Crippen molar-refractivity contribution in [3.63, 3.8) is 0 Å². The first kappa shape index (κ1) is 18.4. The Morgan fingerprint density at radius 3 is 2.68 bits per heavy atom. The standard InChI is InChI=1S/C19H29N3O2S/c1-21(19(24)15-9-11-25-14-15)13-18(23)20-16-8-10-22(12-16)17-6-4-2-3-5-7-17/h9,11,14,16-17H,2-8,10,12-13H2,1H3,(H,20,23)/t16-/m0/s1. The number of carbonyl (C=O) groups is 2. The minimum absolute atomic E-state index is 0.0567. The summed E-state index contributed by atoms with van der Waals surface area (Å²) in [6.45, 7) is 2.16. The number of hydrogen-bond donors (Lipinski definition) is 1. The van der Waals surface area contributed by atoms with E-state index in [1.54, 1.807) is 13.1 Å². The number of nitrogens with one attached hydrogen (secondary N) is 1. The third kappa shape index (κ3) is 5.05. The molecule has 1 aromatic heterocycles. The zero-order valence-electron chi connectivity index (χ0n) is 15.1. The summed E-state index contributed by atoms with van der Waals surface area (Å²) in [7, 11) is 1.69. The number of hydrogen-bond acceptors (Lipinski definition) is 4. The lowest BCUT2D eigenvalue weighted by molar-refractivity contribution is -0.122. The number of amides is 2. The molecule has 138 valence electrons. The second-order valence-corrected chi connectivity index (χ2v) is 8.15. The highest BCUT2D eigenvalue weighted by Crippen LogP contribution is 2.25. The molecular formula is C19H29N3O2S. The molecule has 0 radical (unpaired) electrons. The Morgan fingerprint density at radius 1 is 1.24 bits per heavy atom. The van der Waals surface area contributed by atoms with Crippen molar-refractivity contribution in [2.45, 2.75) is 57.0 Å². The minimum atomic E-state index is -0.0945. The molecule has 0 aromatic carbocycles. The second-order valence-electron chi connectivity index (χ2n) is 7.37. The van der Waals surface area contributed by atoms with Crippen molar-refractivity contribution in [1.29, 1.82) is 0 Å². The van der Waals surface area contributed by atoms with E-state index in [2.05, 4.69) is 10.2 Å². The van der Waals surface area contributed by atoms with E-state index < -0.39 is 0 Å². The van der Waals surface area contributed by atoms with Gasteiger partial charge in [0.25, 0.3) is 5.91 Å². The molecule has 1 atom stereocenters. The van der Waals surface area contributed by atoms with E-state index in [-0.39, 0.29) is 24.4 Å². The molecule has 1 saturated carbocycles. The van der Waals surface area contributed by atoms with Crippen molar-refractivity contribution in [2.24, 2.45) is 0 Å². The summed E-state index contributed by atoms with van der Waals surface area (Å²) in [6.07, 6.45) is 9.05. The van der Waals surface area contributed by atoms with Crippen LogP contribution in [0.1, 0.15) is 55.3 Å². The van der Waals surface area contributed by atoms with Crippen molar-refractivity contribution in [1.82, 2.24) is 15.1 Å². The van der Waals surface area contributed by atoms with Crippen LogP contribution in [-0.2, 0) is 4.79 Å². The lowest BCUT2D eigenvalue weighted by atomic mass is 10.1. The van der Waals surface area contributed by atoms with Crippen LogP contribution in [0, 0.1) is 0 Å². The van der Waals surface area contributed by atoms with Crippen LogP contribution in [0.2, 0.25) is 0 Å². The lowest BCUT2D eigenvalue weighted by Crippen LogP contribution is -2.44. The van der Waals surface area contributed by atoms with Crippen LogP contribution in [0.5, 0.6) is 0 Å². The van der Waals surface area contributed by atoms with Crippen LogP contribution >= 0.6 is 11.3 Å². The topological polar surface area (TPSA) is 52.7 Å². The van der Waals surface area contributed by atoms with Gasteiger partial charge in [-0.3, -0.25) is 14.5 Å². The predicted octanol–water partition coefficient (Wildman–Crippen LogP) is 2.73. The van der Waals surface area contributed by atoms with E-state index in [1.807, 2.05) is 10.8 Å². The fourth-order valence-electron chi connectivity index (χ4n) is 4.03. The Bertz CT molecular complexity index is 567. The molecule has 0 spiro atoms. The maximum Gasteiger partial charge on any atom is 0.254 e. The third-order valence-corrected chi connectivity index (χ3v) is 6.10.